The number of hydrogen-bond acceptors (Lipinski definition) is 2. The average molecular weight is 228 g/mol. The molecule has 1 atom stereocenters. The van der Waals surface area contributed by atoms with E-state index < -0.39 is 0 Å². The molecule has 0 aromatic heterocycles. The molecule has 2 nitrogen and oxygen atoms in total. The summed E-state index contributed by atoms with van der Waals surface area (Å²) in [5.41, 5.74) is 2.28. The highest BCUT2D eigenvalue weighted by atomic mass is 15.1. The fraction of sp³-hybridized carbons (Fsp3) is 0.467. The molecule has 0 saturated carbocycles. The van der Waals surface area contributed by atoms with Gasteiger partial charge in [-0.2, -0.15) is 10.2 Å². The van der Waals surface area contributed by atoms with Gasteiger partial charge in [-0.3, -0.25) is 0 Å². The van der Waals surface area contributed by atoms with Crippen molar-refractivity contribution in [3.05, 3.63) is 29.8 Å². The molecule has 0 N–H and O–H groups in total. The predicted molar refractivity (Wildman–Crippen MR) is 72.6 cm³/mol. The molecule has 17 heavy (non-hydrogen) atoms. The number of nitrogens with zero attached hydrogens (tertiary/aromatic N) is 2. The van der Waals surface area contributed by atoms with Crippen molar-refractivity contribution in [2.75, 3.05) is 7.05 Å². The van der Waals surface area contributed by atoms with Crippen LogP contribution in [-0.4, -0.2) is 7.05 Å². The molecular weight excluding hydrogens is 208 g/mol. The number of rotatable bonds is 6. The van der Waals surface area contributed by atoms with Crippen LogP contribution in [0, 0.1) is 12.3 Å². The molecule has 2 heteroatoms. The molecule has 0 aliphatic heterocycles. The van der Waals surface area contributed by atoms with Crippen molar-refractivity contribution >= 4 is 5.69 Å². The van der Waals surface area contributed by atoms with Crippen molar-refractivity contribution < 1.29 is 0 Å². The maximum Gasteiger partial charge on any atom is 0.0887 e. The summed E-state index contributed by atoms with van der Waals surface area (Å²) in [7, 11) is 1.70. The highest BCUT2D eigenvalue weighted by molar-refractivity contribution is 5.47. The molecule has 0 spiro atoms. The average Bonchev–Trinajstić information content (AvgIpc) is 2.36. The lowest BCUT2D eigenvalue weighted by atomic mass is 9.90. The third-order valence-electron chi connectivity index (χ3n) is 2.95. The molecular formula is C15H20N2. The maximum absolute atomic E-state index is 5.29. The first-order chi connectivity index (χ1) is 8.33. The molecule has 0 bridgehead atoms. The molecule has 0 aliphatic rings. The Labute approximate surface area is 104 Å². The Balaban J connectivity index is 2.83. The summed E-state index contributed by atoms with van der Waals surface area (Å²) < 4.78 is 0. The van der Waals surface area contributed by atoms with Crippen LogP contribution in [0.2, 0.25) is 0 Å². The van der Waals surface area contributed by atoms with E-state index in [4.69, 9.17) is 6.42 Å². The number of hydrogen-bond donors (Lipinski definition) is 0. The number of azo groups is 1. The quantitative estimate of drug-likeness (QED) is 0.383. The standard InChI is InChI=1S/C15H20N2/c1-4-6-7-10-13(5-2)14-11-8-9-12-15(14)17-16-3/h1,8-9,11-13H,5-7,10H2,2-3H3. The van der Waals surface area contributed by atoms with Crippen LogP contribution in [0.25, 0.3) is 0 Å². The van der Waals surface area contributed by atoms with Crippen molar-refractivity contribution in [2.45, 2.75) is 38.5 Å². The van der Waals surface area contributed by atoms with Gasteiger partial charge in [0.1, 0.15) is 0 Å². The van der Waals surface area contributed by atoms with E-state index in [2.05, 4.69) is 35.2 Å². The van der Waals surface area contributed by atoms with Crippen LogP contribution in [-0.2, 0) is 0 Å². The van der Waals surface area contributed by atoms with Gasteiger partial charge in [0.05, 0.1) is 5.69 Å². The largest absolute Gasteiger partial charge is 0.192 e. The third-order valence-corrected chi connectivity index (χ3v) is 2.95. The molecule has 0 aliphatic carbocycles. The summed E-state index contributed by atoms with van der Waals surface area (Å²) in [4.78, 5) is 0. The maximum atomic E-state index is 5.29. The summed E-state index contributed by atoms with van der Waals surface area (Å²) in [6.07, 6.45) is 9.45. The number of unbranched alkanes of at least 4 members (excludes halogenated alkanes) is 1. The lowest BCUT2D eigenvalue weighted by Crippen LogP contribution is -1.97. The van der Waals surface area contributed by atoms with Gasteiger partial charge >= 0.3 is 0 Å². The summed E-state index contributed by atoms with van der Waals surface area (Å²) >= 11 is 0. The molecule has 1 unspecified atom stereocenters. The van der Waals surface area contributed by atoms with Crippen LogP contribution in [0.3, 0.4) is 0 Å². The van der Waals surface area contributed by atoms with E-state index in [-0.39, 0.29) is 0 Å². The summed E-state index contributed by atoms with van der Waals surface area (Å²) in [5, 5.41) is 8.06. The number of terminal acetylenes is 1. The minimum Gasteiger partial charge on any atom is -0.192 e. The topological polar surface area (TPSA) is 24.7 Å². The zero-order valence-electron chi connectivity index (χ0n) is 10.7. The first kappa shape index (κ1) is 13.4. The van der Waals surface area contributed by atoms with Gasteiger partial charge < -0.3 is 0 Å². The lowest BCUT2D eigenvalue weighted by molar-refractivity contribution is 0.583. The second-order valence-electron chi connectivity index (χ2n) is 4.06. The van der Waals surface area contributed by atoms with E-state index in [1.54, 1.807) is 7.05 Å². The Morgan fingerprint density at radius 3 is 2.76 bits per heavy atom. The third kappa shape index (κ3) is 4.03. The lowest BCUT2D eigenvalue weighted by Gasteiger charge is -2.16. The summed E-state index contributed by atoms with van der Waals surface area (Å²) in [5.74, 6) is 3.23. The van der Waals surface area contributed by atoms with Crippen molar-refractivity contribution in [2.24, 2.45) is 10.2 Å². The first-order valence-corrected chi connectivity index (χ1v) is 6.15. The van der Waals surface area contributed by atoms with Crippen molar-refractivity contribution in [3.8, 4) is 12.3 Å². The molecule has 1 aromatic carbocycles. The molecule has 0 amide bonds. The molecule has 0 heterocycles. The normalized spacial score (nSPS) is 12.5. The van der Waals surface area contributed by atoms with Gasteiger partial charge in [-0.1, -0.05) is 25.1 Å². The Kier molecular flexibility index (Phi) is 6.03. The van der Waals surface area contributed by atoms with Crippen LogP contribution in [0.1, 0.15) is 44.1 Å². The fourth-order valence-electron chi connectivity index (χ4n) is 2.06. The van der Waals surface area contributed by atoms with E-state index in [9.17, 15) is 0 Å². The minimum atomic E-state index is 0.532. The van der Waals surface area contributed by atoms with E-state index >= 15 is 0 Å². The Hall–Kier alpha value is -1.62. The molecule has 0 saturated heterocycles. The first-order valence-electron chi connectivity index (χ1n) is 6.15. The van der Waals surface area contributed by atoms with Gasteiger partial charge in [0.2, 0.25) is 0 Å². The zero-order chi connectivity index (χ0) is 12.5. The van der Waals surface area contributed by atoms with E-state index in [0.717, 1.165) is 31.4 Å². The Bertz CT molecular complexity index is 402. The van der Waals surface area contributed by atoms with Gasteiger partial charge in [0, 0.05) is 13.5 Å². The van der Waals surface area contributed by atoms with Crippen LogP contribution in [0.15, 0.2) is 34.5 Å². The second kappa shape index (κ2) is 7.62. The van der Waals surface area contributed by atoms with E-state index in [0.29, 0.717) is 5.92 Å². The predicted octanol–water partition coefficient (Wildman–Crippen LogP) is 4.70. The van der Waals surface area contributed by atoms with Crippen LogP contribution < -0.4 is 0 Å². The SMILES string of the molecule is C#CCCCC(CC)c1ccccc1N=NC. The van der Waals surface area contributed by atoms with Crippen molar-refractivity contribution in [3.63, 3.8) is 0 Å². The zero-order valence-corrected chi connectivity index (χ0v) is 10.7. The second-order valence-corrected chi connectivity index (χ2v) is 4.06. The van der Waals surface area contributed by atoms with Crippen molar-refractivity contribution in [1.82, 2.24) is 0 Å². The van der Waals surface area contributed by atoms with E-state index in [1.165, 1.54) is 5.56 Å². The Morgan fingerprint density at radius 2 is 2.12 bits per heavy atom. The molecule has 1 aromatic rings. The monoisotopic (exact) mass is 228 g/mol. The Morgan fingerprint density at radius 1 is 1.35 bits per heavy atom. The van der Waals surface area contributed by atoms with Gasteiger partial charge in [-0.25, -0.2) is 0 Å². The van der Waals surface area contributed by atoms with Gasteiger partial charge in [-0.15, -0.1) is 12.3 Å². The van der Waals surface area contributed by atoms with E-state index in [1.807, 2.05) is 12.1 Å². The smallest absolute Gasteiger partial charge is 0.0887 e. The highest BCUT2D eigenvalue weighted by Crippen LogP contribution is 2.32. The molecule has 90 valence electrons. The summed E-state index contributed by atoms with van der Waals surface area (Å²) in [6, 6.07) is 8.23. The van der Waals surface area contributed by atoms with Gasteiger partial charge in [0.15, 0.2) is 0 Å². The highest BCUT2D eigenvalue weighted by Gasteiger charge is 2.12. The fourth-order valence-corrected chi connectivity index (χ4v) is 2.06. The van der Waals surface area contributed by atoms with Crippen LogP contribution >= 0.6 is 0 Å². The van der Waals surface area contributed by atoms with Crippen LogP contribution in [0.4, 0.5) is 5.69 Å². The van der Waals surface area contributed by atoms with Crippen LogP contribution in [0.5, 0.6) is 0 Å². The van der Waals surface area contributed by atoms with Gasteiger partial charge in [0.25, 0.3) is 0 Å². The molecule has 0 radical (unpaired) electrons. The summed E-state index contributed by atoms with van der Waals surface area (Å²) in [6.45, 7) is 2.21. The van der Waals surface area contributed by atoms with Gasteiger partial charge in [-0.05, 0) is 36.8 Å². The number of benzene rings is 1. The molecule has 1 rings (SSSR count). The van der Waals surface area contributed by atoms with Crippen molar-refractivity contribution in [1.29, 1.82) is 0 Å². The molecule has 0 fully saturated rings. The minimum absolute atomic E-state index is 0.532.